The van der Waals surface area contributed by atoms with Gasteiger partial charge in [0.25, 0.3) is 0 Å². The van der Waals surface area contributed by atoms with Gasteiger partial charge in [0, 0.05) is 36.6 Å². The minimum atomic E-state index is -0.101. The van der Waals surface area contributed by atoms with Crippen molar-refractivity contribution in [2.24, 2.45) is 0 Å². The number of halogens is 1. The summed E-state index contributed by atoms with van der Waals surface area (Å²) >= 11 is 6.22. The normalized spacial score (nSPS) is 15.5. The zero-order chi connectivity index (χ0) is 22.2. The Balaban J connectivity index is 1.41. The molecule has 7 nitrogen and oxygen atoms in total. The molecule has 2 aromatic carbocycles. The SMILES string of the molecule is CC[C@H](C(=O)N1CCN(c2nc3cc(Cl)ccc3c3nnc(C)n23)CC1)c1ccccc1. The Hall–Kier alpha value is -3.19. The van der Waals surface area contributed by atoms with Crippen molar-refractivity contribution < 1.29 is 4.79 Å². The Morgan fingerprint density at radius 3 is 2.53 bits per heavy atom. The van der Waals surface area contributed by atoms with Crippen molar-refractivity contribution in [1.29, 1.82) is 0 Å². The number of carbonyl (C=O) groups is 1. The summed E-state index contributed by atoms with van der Waals surface area (Å²) in [5.41, 5.74) is 2.64. The third kappa shape index (κ3) is 3.56. The number of benzene rings is 2. The molecular formula is C24H25ClN6O. The van der Waals surface area contributed by atoms with Gasteiger partial charge in [0.1, 0.15) is 5.82 Å². The van der Waals surface area contributed by atoms with Crippen LogP contribution < -0.4 is 4.90 Å². The highest BCUT2D eigenvalue weighted by atomic mass is 35.5. The van der Waals surface area contributed by atoms with Crippen LogP contribution in [0.25, 0.3) is 16.6 Å². The Morgan fingerprint density at radius 1 is 1.06 bits per heavy atom. The number of carbonyl (C=O) groups excluding carboxylic acids is 1. The fourth-order valence-corrected chi connectivity index (χ4v) is 4.68. The quantitative estimate of drug-likeness (QED) is 0.470. The van der Waals surface area contributed by atoms with Crippen molar-refractivity contribution in [3.8, 4) is 0 Å². The molecule has 0 spiro atoms. The molecule has 1 atom stereocenters. The van der Waals surface area contributed by atoms with Gasteiger partial charge in [0.15, 0.2) is 5.65 Å². The highest BCUT2D eigenvalue weighted by Gasteiger charge is 2.29. The molecule has 0 N–H and O–H groups in total. The molecule has 5 rings (SSSR count). The topological polar surface area (TPSA) is 66.6 Å². The van der Waals surface area contributed by atoms with Crippen molar-refractivity contribution in [2.75, 3.05) is 31.1 Å². The fraction of sp³-hybridized carbons (Fsp3) is 0.333. The second-order valence-electron chi connectivity index (χ2n) is 8.16. The van der Waals surface area contributed by atoms with Gasteiger partial charge < -0.3 is 9.80 Å². The third-order valence-corrected chi connectivity index (χ3v) is 6.46. The summed E-state index contributed by atoms with van der Waals surface area (Å²) in [5.74, 6) is 1.67. The Labute approximate surface area is 191 Å². The third-order valence-electron chi connectivity index (χ3n) is 6.23. The zero-order valence-corrected chi connectivity index (χ0v) is 19.0. The lowest BCUT2D eigenvalue weighted by atomic mass is 9.95. The van der Waals surface area contributed by atoms with Crippen molar-refractivity contribution >= 4 is 40.0 Å². The van der Waals surface area contributed by atoms with Gasteiger partial charge in [-0.3, -0.25) is 4.79 Å². The maximum absolute atomic E-state index is 13.3. The molecule has 1 amide bonds. The largest absolute Gasteiger partial charge is 0.339 e. The van der Waals surface area contributed by atoms with Crippen molar-refractivity contribution in [1.82, 2.24) is 24.5 Å². The number of amides is 1. The van der Waals surface area contributed by atoms with E-state index in [2.05, 4.69) is 22.0 Å². The summed E-state index contributed by atoms with van der Waals surface area (Å²) in [5, 5.41) is 10.2. The molecule has 1 saturated heterocycles. The maximum atomic E-state index is 13.3. The van der Waals surface area contributed by atoms with Gasteiger partial charge in [-0.05, 0) is 37.1 Å². The molecule has 2 aromatic heterocycles. The van der Waals surface area contributed by atoms with Gasteiger partial charge in [-0.15, -0.1) is 10.2 Å². The van der Waals surface area contributed by atoms with Crippen molar-refractivity contribution in [3.63, 3.8) is 0 Å². The van der Waals surface area contributed by atoms with Crippen LogP contribution in [0.1, 0.15) is 30.7 Å². The van der Waals surface area contributed by atoms with Crippen LogP contribution in [-0.4, -0.2) is 56.6 Å². The molecule has 1 aliphatic rings. The first-order chi connectivity index (χ1) is 15.6. The van der Waals surface area contributed by atoms with Gasteiger partial charge in [0.05, 0.1) is 11.4 Å². The minimum Gasteiger partial charge on any atom is -0.339 e. The number of nitrogens with zero attached hydrogens (tertiary/aromatic N) is 6. The molecule has 8 heteroatoms. The molecule has 32 heavy (non-hydrogen) atoms. The predicted octanol–water partition coefficient (Wildman–Crippen LogP) is 4.08. The first-order valence-electron chi connectivity index (χ1n) is 11.0. The van der Waals surface area contributed by atoms with Crippen LogP contribution in [0.15, 0.2) is 48.5 Å². The zero-order valence-electron chi connectivity index (χ0n) is 18.2. The van der Waals surface area contributed by atoms with E-state index in [4.69, 9.17) is 16.6 Å². The number of aryl methyl sites for hydroxylation is 1. The van der Waals surface area contributed by atoms with Crippen molar-refractivity contribution in [2.45, 2.75) is 26.2 Å². The number of anilines is 1. The standard InChI is InChI=1S/C24H25ClN6O/c1-3-19(17-7-5-4-6-8-17)23(32)29-11-13-30(14-12-29)24-26-21-15-18(25)9-10-20(21)22-28-27-16(2)31(22)24/h4-10,15,19H,3,11-14H2,1-2H3/t19-/m0/s1. The van der Waals surface area contributed by atoms with Gasteiger partial charge in [-0.1, -0.05) is 48.9 Å². The van der Waals surface area contributed by atoms with Crippen LogP contribution >= 0.6 is 11.6 Å². The van der Waals surface area contributed by atoms with Crippen LogP contribution in [0.2, 0.25) is 5.02 Å². The minimum absolute atomic E-state index is 0.101. The number of piperazine rings is 1. The van der Waals surface area contributed by atoms with Gasteiger partial charge in [-0.25, -0.2) is 9.38 Å². The van der Waals surface area contributed by atoms with E-state index in [0.29, 0.717) is 31.2 Å². The molecule has 3 heterocycles. The highest BCUT2D eigenvalue weighted by Crippen LogP contribution is 2.28. The van der Waals surface area contributed by atoms with E-state index < -0.39 is 0 Å². The average molecular weight is 449 g/mol. The number of hydrogen-bond acceptors (Lipinski definition) is 5. The number of rotatable bonds is 4. The van der Waals surface area contributed by atoms with E-state index in [1.807, 2.05) is 64.8 Å². The summed E-state index contributed by atoms with van der Waals surface area (Å²) in [6.45, 7) is 6.70. The van der Waals surface area contributed by atoms with Gasteiger partial charge in [-0.2, -0.15) is 0 Å². The van der Waals surface area contributed by atoms with Gasteiger partial charge >= 0.3 is 0 Å². The van der Waals surface area contributed by atoms with Crippen LogP contribution in [0.4, 0.5) is 5.95 Å². The molecule has 0 aliphatic carbocycles. The molecule has 1 aliphatic heterocycles. The maximum Gasteiger partial charge on any atom is 0.230 e. The van der Waals surface area contributed by atoms with Crippen molar-refractivity contribution in [3.05, 3.63) is 64.9 Å². The van der Waals surface area contributed by atoms with E-state index in [1.165, 1.54) is 0 Å². The van der Waals surface area contributed by atoms with E-state index in [-0.39, 0.29) is 11.8 Å². The Kier molecular flexibility index (Phi) is 5.43. The summed E-state index contributed by atoms with van der Waals surface area (Å²) in [4.78, 5) is 22.4. The molecule has 0 radical (unpaired) electrons. The van der Waals surface area contributed by atoms with Crippen LogP contribution in [-0.2, 0) is 4.79 Å². The second-order valence-corrected chi connectivity index (χ2v) is 8.60. The lowest BCUT2D eigenvalue weighted by molar-refractivity contribution is -0.133. The summed E-state index contributed by atoms with van der Waals surface area (Å²) in [6, 6.07) is 15.7. The lowest BCUT2D eigenvalue weighted by Crippen LogP contribution is -2.50. The number of aromatic nitrogens is 4. The van der Waals surface area contributed by atoms with E-state index in [0.717, 1.165) is 40.3 Å². The smallest absolute Gasteiger partial charge is 0.230 e. The van der Waals surface area contributed by atoms with E-state index >= 15 is 0 Å². The van der Waals surface area contributed by atoms with Crippen LogP contribution in [0.3, 0.4) is 0 Å². The van der Waals surface area contributed by atoms with Gasteiger partial charge in [0.2, 0.25) is 11.9 Å². The molecule has 0 saturated carbocycles. The fourth-order valence-electron chi connectivity index (χ4n) is 4.52. The summed E-state index contributed by atoms with van der Waals surface area (Å²) in [6.07, 6.45) is 0.788. The Morgan fingerprint density at radius 2 is 1.81 bits per heavy atom. The lowest BCUT2D eigenvalue weighted by Gasteiger charge is -2.37. The molecule has 0 bridgehead atoms. The molecular weight excluding hydrogens is 424 g/mol. The first kappa shape index (κ1) is 20.7. The second kappa shape index (κ2) is 8.39. The van der Waals surface area contributed by atoms with Crippen LogP contribution in [0, 0.1) is 6.92 Å². The van der Waals surface area contributed by atoms with Crippen LogP contribution in [0.5, 0.6) is 0 Å². The number of hydrogen-bond donors (Lipinski definition) is 0. The molecule has 164 valence electrons. The first-order valence-corrected chi connectivity index (χ1v) is 11.3. The molecule has 0 unspecified atom stereocenters. The Bertz CT molecular complexity index is 1280. The number of fused-ring (bicyclic) bond motifs is 3. The predicted molar refractivity (Wildman–Crippen MR) is 126 cm³/mol. The summed E-state index contributed by atoms with van der Waals surface area (Å²) < 4.78 is 1.99. The monoisotopic (exact) mass is 448 g/mol. The molecule has 4 aromatic rings. The van der Waals surface area contributed by atoms with E-state index in [1.54, 1.807) is 0 Å². The molecule has 1 fully saturated rings. The summed E-state index contributed by atoms with van der Waals surface area (Å²) in [7, 11) is 0. The highest BCUT2D eigenvalue weighted by molar-refractivity contribution is 6.31. The van der Waals surface area contributed by atoms with E-state index in [9.17, 15) is 4.79 Å². The average Bonchev–Trinajstić information content (AvgIpc) is 3.21.